The van der Waals surface area contributed by atoms with E-state index in [2.05, 4.69) is 35.2 Å². The quantitative estimate of drug-likeness (QED) is 0.0777. The zero-order valence-corrected chi connectivity index (χ0v) is 25.2. The van der Waals surface area contributed by atoms with Gasteiger partial charge in [-0.1, -0.05) is 12.1 Å². The Kier molecular flexibility index (Phi) is 10.4. The Morgan fingerprint density at radius 3 is 2.40 bits per heavy atom. The predicted octanol–water partition coefficient (Wildman–Crippen LogP) is 7.62. The molecule has 9 heteroatoms. The lowest BCUT2D eigenvalue weighted by molar-refractivity contribution is -0.143. The van der Waals surface area contributed by atoms with Crippen molar-refractivity contribution in [3.8, 4) is 28.6 Å². The maximum Gasteiger partial charge on any atom is 0.305 e. The summed E-state index contributed by atoms with van der Waals surface area (Å²) >= 11 is 11.8. The van der Waals surface area contributed by atoms with Gasteiger partial charge in [-0.25, -0.2) is 0 Å². The molecular formula is C33H35Cl2NO6. The molecular weight excluding hydrogens is 577 g/mol. The van der Waals surface area contributed by atoms with Crippen molar-refractivity contribution in [2.75, 3.05) is 50.3 Å². The fourth-order valence-electron chi connectivity index (χ4n) is 5.09. The molecule has 0 radical (unpaired) electrons. The normalized spacial score (nSPS) is 12.1. The zero-order valence-electron chi connectivity index (χ0n) is 23.7. The molecule has 0 atom stereocenters. The smallest absolute Gasteiger partial charge is 0.305 e. The molecule has 1 aliphatic rings. The van der Waals surface area contributed by atoms with Crippen LogP contribution in [0.25, 0.3) is 22.3 Å². The number of furan rings is 1. The summed E-state index contributed by atoms with van der Waals surface area (Å²) in [5.41, 5.74) is 4.98. The molecule has 0 fully saturated rings. The summed E-state index contributed by atoms with van der Waals surface area (Å²) in [6.07, 6.45) is 3.42. The van der Waals surface area contributed by atoms with Gasteiger partial charge in [-0.15, -0.1) is 23.2 Å². The van der Waals surface area contributed by atoms with Crippen LogP contribution < -0.4 is 19.1 Å². The fourth-order valence-corrected chi connectivity index (χ4v) is 5.50. The summed E-state index contributed by atoms with van der Waals surface area (Å²) in [5.74, 6) is 3.77. The summed E-state index contributed by atoms with van der Waals surface area (Å²) in [4.78, 5) is 14.5. The summed E-state index contributed by atoms with van der Waals surface area (Å²) in [6, 6.07) is 20.2. The minimum atomic E-state index is -0.168. The molecule has 7 nitrogen and oxygen atoms in total. The van der Waals surface area contributed by atoms with E-state index < -0.39 is 0 Å². The number of aryl methyl sites for hydroxylation is 2. The third kappa shape index (κ3) is 7.44. The van der Waals surface area contributed by atoms with Crippen LogP contribution in [0.3, 0.4) is 0 Å². The number of esters is 1. The molecule has 1 aliphatic heterocycles. The van der Waals surface area contributed by atoms with Crippen LogP contribution in [0.4, 0.5) is 5.69 Å². The van der Waals surface area contributed by atoms with Crippen molar-refractivity contribution in [1.29, 1.82) is 0 Å². The van der Waals surface area contributed by atoms with E-state index >= 15 is 0 Å². The molecule has 4 aromatic rings. The van der Waals surface area contributed by atoms with Gasteiger partial charge in [0.2, 0.25) is 6.79 Å². The van der Waals surface area contributed by atoms with Crippen LogP contribution >= 0.6 is 23.2 Å². The molecule has 0 spiro atoms. The Hall–Kier alpha value is -3.55. The van der Waals surface area contributed by atoms with Crippen LogP contribution in [-0.2, 0) is 22.4 Å². The number of benzene rings is 3. The van der Waals surface area contributed by atoms with Crippen molar-refractivity contribution < 1.29 is 28.2 Å². The van der Waals surface area contributed by atoms with E-state index in [1.54, 1.807) is 7.11 Å². The molecule has 2 heterocycles. The van der Waals surface area contributed by atoms with E-state index in [0.717, 1.165) is 72.5 Å². The lowest BCUT2D eigenvalue weighted by Crippen LogP contribution is -2.27. The number of hydrogen-bond donors (Lipinski definition) is 0. The summed E-state index contributed by atoms with van der Waals surface area (Å²) in [6.45, 7) is 2.12. The van der Waals surface area contributed by atoms with Crippen molar-refractivity contribution in [3.63, 3.8) is 0 Å². The maximum atomic E-state index is 12.3. The number of halogens is 2. The highest BCUT2D eigenvalue weighted by molar-refractivity contribution is 6.18. The molecule has 0 N–H and O–H groups in total. The van der Waals surface area contributed by atoms with Crippen LogP contribution in [0.1, 0.15) is 30.4 Å². The average Bonchev–Trinajstić information content (AvgIpc) is 3.66. The number of rotatable bonds is 15. The second-order valence-corrected chi connectivity index (χ2v) is 10.9. The van der Waals surface area contributed by atoms with E-state index in [-0.39, 0.29) is 12.8 Å². The van der Waals surface area contributed by atoms with Crippen LogP contribution in [0.15, 0.2) is 65.1 Å². The standard InChI is InChI=1S/C33H35Cl2NO6/c1-38-31-19-24(18-26-21-29(42-33(26)31)25-9-12-28-30(20-25)41-22-40-28)5-3-17-39-32(37)6-2-4-23-7-10-27(11-8-23)36(15-13-34)16-14-35/h7-12,18-21H,2-6,13-17,22H2,1H3. The third-order valence-corrected chi connectivity index (χ3v) is 7.59. The fraction of sp³-hybridized carbons (Fsp3) is 0.364. The number of fused-ring (bicyclic) bond motifs is 2. The van der Waals surface area contributed by atoms with Crippen LogP contribution in [0.2, 0.25) is 0 Å². The van der Waals surface area contributed by atoms with Gasteiger partial charge in [0.05, 0.1) is 13.7 Å². The topological polar surface area (TPSA) is 70.4 Å². The number of hydrogen-bond acceptors (Lipinski definition) is 7. The van der Waals surface area contributed by atoms with Gasteiger partial charge < -0.3 is 28.3 Å². The van der Waals surface area contributed by atoms with Gasteiger partial charge >= 0.3 is 5.97 Å². The zero-order chi connectivity index (χ0) is 29.3. The molecule has 42 heavy (non-hydrogen) atoms. The van der Waals surface area contributed by atoms with Crippen molar-refractivity contribution >= 4 is 45.8 Å². The van der Waals surface area contributed by atoms with E-state index in [1.165, 1.54) is 5.56 Å². The van der Waals surface area contributed by atoms with E-state index in [1.807, 2.05) is 30.3 Å². The monoisotopic (exact) mass is 611 g/mol. The Morgan fingerprint density at radius 2 is 1.64 bits per heavy atom. The van der Waals surface area contributed by atoms with Gasteiger partial charge in [0.1, 0.15) is 5.76 Å². The lowest BCUT2D eigenvalue weighted by atomic mass is 10.1. The molecule has 0 saturated carbocycles. The molecule has 222 valence electrons. The lowest BCUT2D eigenvalue weighted by Gasteiger charge is -2.23. The van der Waals surface area contributed by atoms with Crippen molar-refractivity contribution in [3.05, 3.63) is 71.8 Å². The third-order valence-electron chi connectivity index (χ3n) is 7.25. The predicted molar refractivity (Wildman–Crippen MR) is 167 cm³/mol. The number of carbonyl (C=O) groups is 1. The number of methoxy groups -OCH3 is 1. The number of nitrogens with zero attached hydrogens (tertiary/aromatic N) is 1. The number of anilines is 1. The minimum absolute atomic E-state index is 0.168. The molecule has 1 aromatic heterocycles. The second kappa shape index (κ2) is 14.6. The van der Waals surface area contributed by atoms with Gasteiger partial charge in [0.15, 0.2) is 22.8 Å². The first-order chi connectivity index (χ1) is 20.6. The van der Waals surface area contributed by atoms with E-state index in [9.17, 15) is 4.79 Å². The average molecular weight is 613 g/mol. The molecule has 0 amide bonds. The number of alkyl halides is 2. The van der Waals surface area contributed by atoms with E-state index in [4.69, 9.17) is 46.6 Å². The number of carbonyl (C=O) groups excluding carboxylic acids is 1. The highest BCUT2D eigenvalue weighted by atomic mass is 35.5. The molecule has 0 unspecified atom stereocenters. The Morgan fingerprint density at radius 1 is 0.881 bits per heavy atom. The van der Waals surface area contributed by atoms with Gasteiger partial charge in [-0.05, 0) is 85.3 Å². The second-order valence-electron chi connectivity index (χ2n) is 10.1. The summed E-state index contributed by atoms with van der Waals surface area (Å²) in [5, 5.41) is 0.952. The van der Waals surface area contributed by atoms with Gasteiger partial charge in [0, 0.05) is 47.9 Å². The van der Waals surface area contributed by atoms with E-state index in [0.29, 0.717) is 41.9 Å². The Bertz CT molecular complexity index is 1480. The van der Waals surface area contributed by atoms with Gasteiger partial charge in [0.25, 0.3) is 0 Å². The molecule has 0 saturated heterocycles. The molecule has 0 aliphatic carbocycles. The molecule has 0 bridgehead atoms. The first kappa shape index (κ1) is 29.9. The van der Waals surface area contributed by atoms with Crippen molar-refractivity contribution in [2.24, 2.45) is 0 Å². The van der Waals surface area contributed by atoms with Crippen molar-refractivity contribution in [2.45, 2.75) is 32.1 Å². The Labute approximate surface area is 256 Å². The molecule has 5 rings (SSSR count). The summed E-state index contributed by atoms with van der Waals surface area (Å²) in [7, 11) is 1.63. The van der Waals surface area contributed by atoms with Gasteiger partial charge in [-0.2, -0.15) is 0 Å². The maximum absolute atomic E-state index is 12.3. The SMILES string of the molecule is COc1cc(CCCOC(=O)CCCc2ccc(N(CCCl)CCCl)cc2)cc2cc(-c3ccc4c(c3)OCO4)oc12. The van der Waals surface area contributed by atoms with Crippen molar-refractivity contribution in [1.82, 2.24) is 0 Å². The van der Waals surface area contributed by atoms with Crippen LogP contribution in [0.5, 0.6) is 17.2 Å². The van der Waals surface area contributed by atoms with Gasteiger partial charge in [-0.3, -0.25) is 4.79 Å². The minimum Gasteiger partial charge on any atom is -0.493 e. The van der Waals surface area contributed by atoms with Crippen LogP contribution in [-0.4, -0.2) is 51.3 Å². The van der Waals surface area contributed by atoms with Crippen LogP contribution in [0, 0.1) is 0 Å². The first-order valence-electron chi connectivity index (χ1n) is 14.2. The largest absolute Gasteiger partial charge is 0.493 e. The first-order valence-corrected chi connectivity index (χ1v) is 15.3. The highest BCUT2D eigenvalue weighted by Crippen LogP contribution is 2.39. The molecule has 3 aromatic carbocycles. The number of ether oxygens (including phenoxy) is 4. The Balaban J connectivity index is 1.08. The summed E-state index contributed by atoms with van der Waals surface area (Å²) < 4.78 is 28.2. The highest BCUT2D eigenvalue weighted by Gasteiger charge is 2.17.